The van der Waals surface area contributed by atoms with E-state index in [1.807, 2.05) is 60.9 Å². The molecule has 2 aromatic carbocycles. The Hall–Kier alpha value is -2.64. The van der Waals surface area contributed by atoms with E-state index in [0.29, 0.717) is 18.7 Å². The Morgan fingerprint density at radius 2 is 1.74 bits per heavy atom. The summed E-state index contributed by atoms with van der Waals surface area (Å²) in [7, 11) is 0. The maximum Gasteiger partial charge on any atom is 0.250 e. The van der Waals surface area contributed by atoms with Crippen molar-refractivity contribution in [3.8, 4) is 0 Å². The molecule has 0 aromatic heterocycles. The highest BCUT2D eigenvalue weighted by molar-refractivity contribution is 7.98. The lowest BCUT2D eigenvalue weighted by Gasteiger charge is -2.29. The van der Waals surface area contributed by atoms with Crippen LogP contribution in [0.4, 0.5) is 5.69 Å². The average molecular weight is 436 g/mol. The van der Waals surface area contributed by atoms with Crippen molar-refractivity contribution in [2.24, 2.45) is 11.8 Å². The van der Waals surface area contributed by atoms with Crippen LogP contribution >= 0.6 is 11.8 Å². The fraction of sp³-hybridized carbons (Fsp3) is 0.375. The molecule has 6 nitrogen and oxygen atoms in total. The number of hydrogen-bond donors (Lipinski definition) is 2. The van der Waals surface area contributed by atoms with E-state index in [9.17, 15) is 14.4 Å². The fourth-order valence-corrected chi connectivity index (χ4v) is 5.91. The van der Waals surface area contributed by atoms with Crippen LogP contribution in [0.25, 0.3) is 0 Å². The Kier molecular flexibility index (Phi) is 5.10. The Morgan fingerprint density at radius 1 is 1.00 bits per heavy atom. The molecule has 1 spiro atoms. The number of amides is 3. The number of nitrogens with one attached hydrogen (secondary N) is 2. The van der Waals surface area contributed by atoms with Gasteiger partial charge in [-0.25, -0.2) is 0 Å². The Labute approximate surface area is 185 Å². The molecule has 2 N–H and O–H groups in total. The van der Waals surface area contributed by atoms with Crippen LogP contribution in [0.3, 0.4) is 0 Å². The first-order valence-electron chi connectivity index (χ1n) is 10.6. The molecule has 0 aliphatic carbocycles. The molecular formula is C24H25N3O3S. The van der Waals surface area contributed by atoms with Gasteiger partial charge in [0.2, 0.25) is 17.7 Å². The summed E-state index contributed by atoms with van der Waals surface area (Å²) in [5.41, 5.74) is 1.38. The minimum atomic E-state index is -1.18. The second-order valence-electron chi connectivity index (χ2n) is 8.41. The van der Waals surface area contributed by atoms with Crippen LogP contribution < -0.4 is 10.6 Å². The van der Waals surface area contributed by atoms with Crippen molar-refractivity contribution in [3.63, 3.8) is 0 Å². The van der Waals surface area contributed by atoms with Crippen molar-refractivity contribution in [3.05, 3.63) is 65.7 Å². The van der Waals surface area contributed by atoms with Gasteiger partial charge < -0.3 is 5.32 Å². The number of thioether (sulfide) groups is 1. The normalized spacial score (nSPS) is 28.9. The molecule has 3 aliphatic heterocycles. The third-order valence-electron chi connectivity index (χ3n) is 6.81. The number of likely N-dealkylation sites (tertiary alicyclic amines) is 1. The Bertz CT molecular complexity index is 1040. The third-order valence-corrected chi connectivity index (χ3v) is 7.46. The summed E-state index contributed by atoms with van der Waals surface area (Å²) in [6.07, 6.45) is 3.36. The smallest absolute Gasteiger partial charge is 0.250 e. The topological polar surface area (TPSA) is 78.5 Å². The van der Waals surface area contributed by atoms with Crippen LogP contribution in [0, 0.1) is 11.8 Å². The van der Waals surface area contributed by atoms with Gasteiger partial charge >= 0.3 is 0 Å². The van der Waals surface area contributed by atoms with E-state index in [2.05, 4.69) is 10.6 Å². The molecule has 2 saturated heterocycles. The zero-order chi connectivity index (χ0) is 21.6. The van der Waals surface area contributed by atoms with Gasteiger partial charge in [-0.1, -0.05) is 48.5 Å². The highest BCUT2D eigenvalue weighted by atomic mass is 32.2. The monoisotopic (exact) mass is 435 g/mol. The van der Waals surface area contributed by atoms with Crippen molar-refractivity contribution in [1.29, 1.82) is 0 Å². The number of benzene rings is 2. The van der Waals surface area contributed by atoms with Crippen LogP contribution in [0.1, 0.15) is 17.5 Å². The Balaban J connectivity index is 1.51. The molecule has 0 unspecified atom stereocenters. The van der Waals surface area contributed by atoms with E-state index >= 15 is 0 Å². The van der Waals surface area contributed by atoms with E-state index in [-0.39, 0.29) is 23.8 Å². The van der Waals surface area contributed by atoms with Crippen LogP contribution in [0.15, 0.2) is 54.6 Å². The van der Waals surface area contributed by atoms with Crippen LogP contribution in [-0.4, -0.2) is 47.2 Å². The maximum atomic E-state index is 13.6. The van der Waals surface area contributed by atoms with E-state index < -0.39 is 17.4 Å². The van der Waals surface area contributed by atoms with Gasteiger partial charge in [0, 0.05) is 23.8 Å². The summed E-state index contributed by atoms with van der Waals surface area (Å²) in [5.74, 6) is -1.01. The van der Waals surface area contributed by atoms with E-state index in [4.69, 9.17) is 0 Å². The van der Waals surface area contributed by atoms with Gasteiger partial charge in [0.25, 0.3) is 0 Å². The second-order valence-corrected chi connectivity index (χ2v) is 9.39. The van der Waals surface area contributed by atoms with Gasteiger partial charge in [-0.2, -0.15) is 11.8 Å². The summed E-state index contributed by atoms with van der Waals surface area (Å²) in [6, 6.07) is 17.1. The summed E-state index contributed by atoms with van der Waals surface area (Å²) < 4.78 is 0. The predicted octanol–water partition coefficient (Wildman–Crippen LogP) is 2.40. The number of nitrogens with zero attached hydrogens (tertiary/aromatic N) is 1. The number of hydrogen-bond acceptors (Lipinski definition) is 5. The second kappa shape index (κ2) is 7.80. The number of para-hydroxylation sites is 1. The number of imide groups is 1. The molecule has 5 rings (SSSR count). The molecule has 0 saturated carbocycles. The standard InChI is InChI=1S/C24H25N3O3S/c1-31-14-12-18-19-20(24(26-18)16-9-5-6-10-17(16)25-23(24)30)22(29)27(21(19)28)13-11-15-7-3-2-4-8-15/h2-10,18-20,26H,11-14H2,1H3,(H,25,30)/t18-,19+,20-,24+/m0/s1. The van der Waals surface area contributed by atoms with Gasteiger partial charge in [-0.05, 0) is 36.5 Å². The first kappa shape index (κ1) is 20.3. The molecule has 3 heterocycles. The predicted molar refractivity (Wildman–Crippen MR) is 121 cm³/mol. The average Bonchev–Trinajstić information content (AvgIpc) is 3.36. The first-order chi connectivity index (χ1) is 15.1. The molecule has 0 radical (unpaired) electrons. The maximum absolute atomic E-state index is 13.6. The van der Waals surface area contributed by atoms with Crippen LogP contribution in [-0.2, 0) is 26.3 Å². The fourth-order valence-electron chi connectivity index (χ4n) is 5.42. The van der Waals surface area contributed by atoms with E-state index in [1.165, 1.54) is 4.90 Å². The van der Waals surface area contributed by atoms with Crippen LogP contribution in [0.2, 0.25) is 0 Å². The van der Waals surface area contributed by atoms with Crippen molar-refractivity contribution in [2.45, 2.75) is 24.4 Å². The number of anilines is 1. The highest BCUT2D eigenvalue weighted by Crippen LogP contribution is 2.53. The number of carbonyl (C=O) groups is 3. The summed E-state index contributed by atoms with van der Waals surface area (Å²) in [6.45, 7) is 0.337. The number of fused-ring (bicyclic) bond motifs is 4. The summed E-state index contributed by atoms with van der Waals surface area (Å²) in [4.78, 5) is 41.8. The molecule has 7 heteroatoms. The van der Waals surface area contributed by atoms with Gasteiger partial charge in [0.1, 0.15) is 5.54 Å². The molecule has 160 valence electrons. The third kappa shape index (κ3) is 3.02. The lowest BCUT2D eigenvalue weighted by Crippen LogP contribution is -2.53. The van der Waals surface area contributed by atoms with Gasteiger partial charge in [-0.3, -0.25) is 24.6 Å². The van der Waals surface area contributed by atoms with E-state index in [0.717, 1.165) is 23.3 Å². The minimum absolute atomic E-state index is 0.154. The molecule has 3 aliphatic rings. The number of rotatable bonds is 6. The van der Waals surface area contributed by atoms with Crippen molar-refractivity contribution < 1.29 is 14.4 Å². The zero-order valence-corrected chi connectivity index (χ0v) is 18.2. The van der Waals surface area contributed by atoms with E-state index in [1.54, 1.807) is 11.8 Å². The van der Waals surface area contributed by atoms with Crippen molar-refractivity contribution in [1.82, 2.24) is 10.2 Å². The molecule has 4 atom stereocenters. The SMILES string of the molecule is CSCC[C@@H]1N[C@@]2(C(=O)Nc3ccccc32)[C@@H]2C(=O)N(CCc3ccccc3)C(=O)[C@H]12. The van der Waals surface area contributed by atoms with Gasteiger partial charge in [0.05, 0.1) is 11.8 Å². The molecular weight excluding hydrogens is 410 g/mol. The van der Waals surface area contributed by atoms with Gasteiger partial charge in [-0.15, -0.1) is 0 Å². The summed E-state index contributed by atoms with van der Waals surface area (Å²) >= 11 is 1.70. The zero-order valence-electron chi connectivity index (χ0n) is 17.3. The largest absolute Gasteiger partial charge is 0.324 e. The van der Waals surface area contributed by atoms with Crippen molar-refractivity contribution >= 4 is 35.2 Å². The molecule has 31 heavy (non-hydrogen) atoms. The van der Waals surface area contributed by atoms with Crippen molar-refractivity contribution in [2.75, 3.05) is 23.9 Å². The summed E-state index contributed by atoms with van der Waals surface area (Å²) in [5, 5.41) is 6.41. The lowest BCUT2D eigenvalue weighted by atomic mass is 9.76. The quantitative estimate of drug-likeness (QED) is 0.682. The number of carbonyl (C=O) groups excluding carboxylic acids is 3. The van der Waals surface area contributed by atoms with Crippen LogP contribution in [0.5, 0.6) is 0 Å². The molecule has 2 fully saturated rings. The molecule has 0 bridgehead atoms. The minimum Gasteiger partial charge on any atom is -0.324 e. The Morgan fingerprint density at radius 3 is 2.52 bits per heavy atom. The van der Waals surface area contributed by atoms with Gasteiger partial charge in [0.15, 0.2) is 0 Å². The molecule has 3 amide bonds. The highest BCUT2D eigenvalue weighted by Gasteiger charge is 2.70. The molecule has 2 aromatic rings. The lowest BCUT2D eigenvalue weighted by molar-refractivity contribution is -0.142. The first-order valence-corrected chi connectivity index (χ1v) is 12.0.